The molecule has 2 aromatic rings. The third-order valence-corrected chi connectivity index (χ3v) is 5.04. The fraction of sp³-hybridized carbons (Fsp3) is 0.111. The smallest absolute Gasteiger partial charge is 0.250 e. The van der Waals surface area contributed by atoms with Gasteiger partial charge >= 0.3 is 0 Å². The molecule has 4 N–H and O–H groups in total. The van der Waals surface area contributed by atoms with Crippen molar-refractivity contribution in [1.82, 2.24) is 14.9 Å². The summed E-state index contributed by atoms with van der Waals surface area (Å²) in [6.07, 6.45) is 1.45. The van der Waals surface area contributed by atoms with Crippen LogP contribution in [0.25, 0.3) is 0 Å². The van der Waals surface area contributed by atoms with Gasteiger partial charge in [0.05, 0.1) is 6.20 Å². The highest BCUT2D eigenvalue weighted by molar-refractivity contribution is 7.91. The van der Waals surface area contributed by atoms with Gasteiger partial charge in [-0.3, -0.25) is 5.10 Å². The van der Waals surface area contributed by atoms with Crippen molar-refractivity contribution in [3.63, 3.8) is 0 Å². The zero-order chi connectivity index (χ0) is 13.2. The lowest BCUT2D eigenvalue weighted by atomic mass is 10.3. The van der Waals surface area contributed by atoms with Crippen LogP contribution in [0, 0.1) is 11.3 Å². The van der Waals surface area contributed by atoms with E-state index in [0.29, 0.717) is 16.3 Å². The van der Waals surface area contributed by atoms with Crippen LogP contribution < -0.4 is 10.5 Å². The van der Waals surface area contributed by atoms with Crippen LogP contribution in [-0.2, 0) is 16.6 Å². The first-order valence-corrected chi connectivity index (χ1v) is 7.10. The number of aromatic amines is 1. The van der Waals surface area contributed by atoms with Crippen LogP contribution >= 0.6 is 11.3 Å². The molecule has 0 fully saturated rings. The summed E-state index contributed by atoms with van der Waals surface area (Å²) in [5.41, 5.74) is 6.11. The first kappa shape index (κ1) is 12.6. The van der Waals surface area contributed by atoms with Crippen LogP contribution in [0.4, 0.5) is 5.82 Å². The van der Waals surface area contributed by atoms with E-state index in [-0.39, 0.29) is 10.8 Å². The topological polar surface area (TPSA) is 125 Å². The number of nitrogens with two attached hydrogens (primary N) is 1. The Labute approximate surface area is 107 Å². The highest BCUT2D eigenvalue weighted by atomic mass is 32.2. The van der Waals surface area contributed by atoms with E-state index < -0.39 is 10.0 Å². The van der Waals surface area contributed by atoms with Gasteiger partial charge in [0.25, 0.3) is 0 Å². The lowest BCUT2D eigenvalue weighted by Gasteiger charge is -2.03. The zero-order valence-corrected chi connectivity index (χ0v) is 10.7. The average Bonchev–Trinajstić information content (AvgIpc) is 2.95. The highest BCUT2D eigenvalue weighted by Gasteiger charge is 2.17. The number of hydrogen-bond acceptors (Lipinski definition) is 6. The number of nitriles is 1. The number of hydrogen-bond donors (Lipinski definition) is 3. The number of nitrogen functional groups attached to an aromatic ring is 1. The fourth-order valence-corrected chi connectivity index (χ4v) is 3.38. The molecule has 0 saturated carbocycles. The van der Waals surface area contributed by atoms with Crippen molar-refractivity contribution in [1.29, 1.82) is 5.26 Å². The van der Waals surface area contributed by atoms with E-state index >= 15 is 0 Å². The van der Waals surface area contributed by atoms with Crippen molar-refractivity contribution < 1.29 is 8.42 Å². The van der Waals surface area contributed by atoms with Crippen molar-refractivity contribution in [2.24, 2.45) is 0 Å². The van der Waals surface area contributed by atoms with Gasteiger partial charge in [-0.2, -0.15) is 10.4 Å². The Balaban J connectivity index is 2.13. The second kappa shape index (κ2) is 4.77. The molecule has 7 nitrogen and oxygen atoms in total. The molecule has 0 bridgehead atoms. The second-order valence-electron chi connectivity index (χ2n) is 3.36. The molecule has 0 aromatic carbocycles. The van der Waals surface area contributed by atoms with Gasteiger partial charge in [0.2, 0.25) is 10.0 Å². The van der Waals surface area contributed by atoms with Gasteiger partial charge in [0.1, 0.15) is 21.0 Å². The summed E-state index contributed by atoms with van der Waals surface area (Å²) in [5.74, 6) is 0.321. The number of anilines is 1. The molecule has 0 aliphatic rings. The number of thiophene rings is 1. The summed E-state index contributed by atoms with van der Waals surface area (Å²) >= 11 is 0.915. The molecule has 0 atom stereocenters. The quantitative estimate of drug-likeness (QED) is 0.749. The van der Waals surface area contributed by atoms with Crippen LogP contribution in [0.3, 0.4) is 0 Å². The van der Waals surface area contributed by atoms with Gasteiger partial charge in [0.15, 0.2) is 0 Å². The summed E-state index contributed by atoms with van der Waals surface area (Å²) in [7, 11) is -3.62. The van der Waals surface area contributed by atoms with Gasteiger partial charge in [0, 0.05) is 12.1 Å². The third-order valence-electron chi connectivity index (χ3n) is 2.16. The van der Waals surface area contributed by atoms with Crippen LogP contribution in [0.15, 0.2) is 22.5 Å². The number of aromatic nitrogens is 2. The SMILES string of the molecule is N#Cc1ccc(S(=O)(=O)NCc2cn[nH]c2N)s1. The summed E-state index contributed by atoms with van der Waals surface area (Å²) in [6.45, 7) is 0.0461. The minimum Gasteiger partial charge on any atom is -0.384 e. The molecule has 2 aromatic heterocycles. The van der Waals surface area contributed by atoms with Crippen LogP contribution in [0.5, 0.6) is 0 Å². The van der Waals surface area contributed by atoms with Crippen molar-refractivity contribution in [2.75, 3.05) is 5.73 Å². The molecule has 2 heterocycles. The summed E-state index contributed by atoms with van der Waals surface area (Å²) in [4.78, 5) is 0.346. The van der Waals surface area contributed by atoms with Gasteiger partial charge in [-0.25, -0.2) is 13.1 Å². The van der Waals surface area contributed by atoms with Crippen LogP contribution in [0.2, 0.25) is 0 Å². The Morgan fingerprint density at radius 2 is 2.33 bits per heavy atom. The molecule has 0 amide bonds. The second-order valence-corrected chi connectivity index (χ2v) is 6.44. The molecule has 9 heteroatoms. The average molecular weight is 283 g/mol. The maximum absolute atomic E-state index is 11.9. The number of rotatable bonds is 4. The number of H-pyrrole nitrogens is 1. The molecular formula is C9H9N5O2S2. The number of sulfonamides is 1. The Morgan fingerprint density at radius 3 is 2.89 bits per heavy atom. The maximum atomic E-state index is 11.9. The minimum absolute atomic E-state index is 0.0461. The molecule has 0 aliphatic heterocycles. The van der Waals surface area contributed by atoms with Gasteiger partial charge in [-0.1, -0.05) is 0 Å². The standard InChI is InChI=1S/C9H9N5O2S2/c10-3-7-1-2-8(17-7)18(15,16)13-5-6-4-12-14-9(6)11/h1-2,4,13H,5H2,(H3,11,12,14). The molecule has 94 valence electrons. The fourth-order valence-electron chi connectivity index (χ4n) is 1.23. The van der Waals surface area contributed by atoms with E-state index in [1.54, 1.807) is 0 Å². The lowest BCUT2D eigenvalue weighted by Crippen LogP contribution is -2.22. The largest absolute Gasteiger partial charge is 0.384 e. The normalized spacial score (nSPS) is 11.3. The number of nitrogens with one attached hydrogen (secondary N) is 2. The van der Waals surface area contributed by atoms with Crippen molar-refractivity contribution in [3.8, 4) is 6.07 Å². The van der Waals surface area contributed by atoms with Gasteiger partial charge < -0.3 is 5.73 Å². The summed E-state index contributed by atoms with van der Waals surface area (Å²) in [6, 6.07) is 4.75. The Morgan fingerprint density at radius 1 is 1.56 bits per heavy atom. The molecule has 2 rings (SSSR count). The van der Waals surface area contributed by atoms with E-state index in [0.717, 1.165) is 11.3 Å². The predicted molar refractivity (Wildman–Crippen MR) is 66.1 cm³/mol. The molecular weight excluding hydrogens is 274 g/mol. The van der Waals surface area contributed by atoms with E-state index in [2.05, 4.69) is 14.9 Å². The van der Waals surface area contributed by atoms with Crippen LogP contribution in [0.1, 0.15) is 10.4 Å². The molecule has 0 aliphatic carbocycles. The van der Waals surface area contributed by atoms with Gasteiger partial charge in [-0.15, -0.1) is 11.3 Å². The Hall–Kier alpha value is -1.89. The van der Waals surface area contributed by atoms with Crippen LogP contribution in [-0.4, -0.2) is 18.6 Å². The van der Waals surface area contributed by atoms with Crippen molar-refractivity contribution in [3.05, 3.63) is 28.8 Å². The van der Waals surface area contributed by atoms with E-state index in [1.165, 1.54) is 18.3 Å². The van der Waals surface area contributed by atoms with Crippen molar-refractivity contribution >= 4 is 27.2 Å². The Kier molecular flexibility index (Phi) is 3.33. The summed E-state index contributed by atoms with van der Waals surface area (Å²) in [5, 5.41) is 14.8. The number of nitrogens with zero attached hydrogens (tertiary/aromatic N) is 2. The highest BCUT2D eigenvalue weighted by Crippen LogP contribution is 2.21. The summed E-state index contributed by atoms with van der Waals surface area (Å²) < 4.78 is 26.3. The Bertz CT molecular complexity index is 695. The molecule has 18 heavy (non-hydrogen) atoms. The molecule has 0 unspecified atom stereocenters. The third kappa shape index (κ3) is 2.51. The van der Waals surface area contributed by atoms with Crippen molar-refractivity contribution in [2.45, 2.75) is 10.8 Å². The molecule has 0 spiro atoms. The van der Waals surface area contributed by atoms with E-state index in [1.807, 2.05) is 6.07 Å². The monoisotopic (exact) mass is 283 g/mol. The first-order chi connectivity index (χ1) is 8.53. The first-order valence-electron chi connectivity index (χ1n) is 4.80. The van der Waals surface area contributed by atoms with Gasteiger partial charge in [-0.05, 0) is 12.1 Å². The zero-order valence-electron chi connectivity index (χ0n) is 9.04. The molecule has 0 radical (unpaired) electrons. The molecule has 0 saturated heterocycles. The maximum Gasteiger partial charge on any atom is 0.250 e. The lowest BCUT2D eigenvalue weighted by molar-refractivity contribution is 0.583. The van der Waals surface area contributed by atoms with E-state index in [4.69, 9.17) is 11.0 Å². The van der Waals surface area contributed by atoms with E-state index in [9.17, 15) is 8.42 Å². The minimum atomic E-state index is -3.62. The predicted octanol–water partition coefficient (Wildman–Crippen LogP) is 0.404.